The van der Waals surface area contributed by atoms with E-state index in [1.54, 1.807) is 36.5 Å². The van der Waals surface area contributed by atoms with Crippen molar-refractivity contribution >= 4 is 38.9 Å². The molecule has 1 aromatic heterocycles. The molecule has 0 saturated heterocycles. The molecule has 31 heavy (non-hydrogen) atoms. The number of benzene rings is 3. The Kier molecular flexibility index (Phi) is 5.75. The maximum atomic E-state index is 12.9. The number of aromatic amines is 1. The highest BCUT2D eigenvalue weighted by atomic mass is 35.5. The largest absolute Gasteiger partial charge is 0.322 e. The minimum absolute atomic E-state index is 0.0886. The zero-order chi connectivity index (χ0) is 21.8. The van der Waals surface area contributed by atoms with E-state index in [1.165, 1.54) is 30.3 Å². The first-order valence-corrected chi connectivity index (χ1v) is 11.1. The number of carbonyl (C=O) groups is 1. The van der Waals surface area contributed by atoms with Gasteiger partial charge in [-0.25, -0.2) is 8.42 Å². The first-order valence-electron chi connectivity index (χ1n) is 9.21. The number of amides is 1. The van der Waals surface area contributed by atoms with Gasteiger partial charge in [0.2, 0.25) is 0 Å². The van der Waals surface area contributed by atoms with E-state index in [1.807, 2.05) is 18.2 Å². The topological polar surface area (TPSA) is 104 Å². The van der Waals surface area contributed by atoms with Gasteiger partial charge in [-0.15, -0.1) is 0 Å². The Morgan fingerprint density at radius 3 is 2.35 bits per heavy atom. The Labute approximate surface area is 184 Å². The number of rotatable bonds is 6. The van der Waals surface area contributed by atoms with Crippen LogP contribution in [-0.4, -0.2) is 24.5 Å². The maximum Gasteiger partial charge on any atom is 0.261 e. The van der Waals surface area contributed by atoms with Crippen molar-refractivity contribution in [2.45, 2.75) is 4.90 Å². The van der Waals surface area contributed by atoms with Crippen LogP contribution >= 0.6 is 11.6 Å². The number of carbonyl (C=O) groups excluding carboxylic acids is 1. The van der Waals surface area contributed by atoms with Crippen LogP contribution < -0.4 is 10.0 Å². The van der Waals surface area contributed by atoms with E-state index in [2.05, 4.69) is 20.2 Å². The van der Waals surface area contributed by atoms with Gasteiger partial charge in [0.05, 0.1) is 21.8 Å². The van der Waals surface area contributed by atoms with Crippen LogP contribution in [0.25, 0.3) is 11.3 Å². The molecule has 4 aromatic rings. The van der Waals surface area contributed by atoms with Gasteiger partial charge in [0.15, 0.2) is 0 Å². The second kappa shape index (κ2) is 8.63. The minimum atomic E-state index is -3.87. The third-order valence-corrected chi connectivity index (χ3v) is 6.10. The van der Waals surface area contributed by atoms with E-state index in [0.717, 1.165) is 11.3 Å². The standard InChI is InChI=1S/C22H17ClN4O3S/c23-16-8-11-21(27-31(29,30)18-4-2-1-3-5-18)19(14-16)22(28)25-17-9-6-15(7-10-17)20-12-13-24-26-20/h1-14,27H,(H,24,26)(H,25,28). The molecule has 1 amide bonds. The lowest BCUT2D eigenvalue weighted by molar-refractivity contribution is 0.102. The molecule has 0 aliphatic heterocycles. The Hall–Kier alpha value is -3.62. The van der Waals surface area contributed by atoms with Gasteiger partial charge >= 0.3 is 0 Å². The second-order valence-corrected chi connectivity index (χ2v) is 8.73. The quantitative estimate of drug-likeness (QED) is 0.391. The van der Waals surface area contributed by atoms with Gasteiger partial charge in [0.25, 0.3) is 15.9 Å². The average Bonchev–Trinajstić information content (AvgIpc) is 3.31. The molecule has 7 nitrogen and oxygen atoms in total. The normalized spacial score (nSPS) is 11.1. The molecule has 3 N–H and O–H groups in total. The van der Waals surface area contributed by atoms with Crippen molar-refractivity contribution < 1.29 is 13.2 Å². The van der Waals surface area contributed by atoms with E-state index < -0.39 is 15.9 Å². The lowest BCUT2D eigenvalue weighted by Gasteiger charge is -2.13. The monoisotopic (exact) mass is 452 g/mol. The molecule has 0 saturated carbocycles. The molecule has 4 rings (SSSR count). The maximum absolute atomic E-state index is 12.9. The third-order valence-electron chi connectivity index (χ3n) is 4.48. The zero-order valence-corrected chi connectivity index (χ0v) is 17.6. The van der Waals surface area contributed by atoms with E-state index in [4.69, 9.17) is 11.6 Å². The van der Waals surface area contributed by atoms with Crippen molar-refractivity contribution in [2.75, 3.05) is 10.0 Å². The number of hydrogen-bond donors (Lipinski definition) is 3. The lowest BCUT2D eigenvalue weighted by atomic mass is 10.1. The molecule has 0 spiro atoms. The molecule has 0 radical (unpaired) electrons. The van der Waals surface area contributed by atoms with E-state index in [-0.39, 0.29) is 16.1 Å². The Bertz CT molecular complexity index is 1310. The highest BCUT2D eigenvalue weighted by Gasteiger charge is 2.19. The van der Waals surface area contributed by atoms with Gasteiger partial charge in [-0.3, -0.25) is 14.6 Å². The fourth-order valence-corrected chi connectivity index (χ4v) is 4.22. The molecule has 1 heterocycles. The Morgan fingerprint density at radius 2 is 1.68 bits per heavy atom. The van der Waals surface area contributed by atoms with Gasteiger partial charge in [-0.05, 0) is 54.1 Å². The summed E-state index contributed by atoms with van der Waals surface area (Å²) in [5, 5.41) is 9.86. The molecule has 0 bridgehead atoms. The number of nitrogens with one attached hydrogen (secondary N) is 3. The van der Waals surface area contributed by atoms with Crippen LogP contribution in [0.5, 0.6) is 0 Å². The number of anilines is 2. The zero-order valence-electron chi connectivity index (χ0n) is 16.0. The average molecular weight is 453 g/mol. The van der Waals surface area contributed by atoms with Crippen molar-refractivity contribution in [1.82, 2.24) is 10.2 Å². The first kappa shape index (κ1) is 20.6. The van der Waals surface area contributed by atoms with Gasteiger partial charge in [0, 0.05) is 16.9 Å². The van der Waals surface area contributed by atoms with Crippen LogP contribution in [0.4, 0.5) is 11.4 Å². The Balaban J connectivity index is 1.58. The summed E-state index contributed by atoms with van der Waals surface area (Å²) in [6.45, 7) is 0. The van der Waals surface area contributed by atoms with E-state index in [0.29, 0.717) is 10.7 Å². The predicted octanol–water partition coefficient (Wildman–Crippen LogP) is 4.78. The van der Waals surface area contributed by atoms with Gasteiger partial charge in [-0.1, -0.05) is 41.9 Å². The fourth-order valence-electron chi connectivity index (χ4n) is 2.94. The number of halogens is 1. The summed E-state index contributed by atoms with van der Waals surface area (Å²) in [5.74, 6) is -0.498. The molecule has 0 aliphatic rings. The van der Waals surface area contributed by atoms with E-state index >= 15 is 0 Å². The molecule has 3 aromatic carbocycles. The first-order chi connectivity index (χ1) is 14.9. The highest BCUT2D eigenvalue weighted by Crippen LogP contribution is 2.25. The van der Waals surface area contributed by atoms with Gasteiger partial charge < -0.3 is 5.32 Å². The van der Waals surface area contributed by atoms with Crippen molar-refractivity contribution in [3.8, 4) is 11.3 Å². The summed E-state index contributed by atoms with van der Waals surface area (Å²) in [7, 11) is -3.87. The second-order valence-electron chi connectivity index (χ2n) is 6.61. The van der Waals surface area contributed by atoms with Crippen LogP contribution in [0.3, 0.4) is 0 Å². The van der Waals surface area contributed by atoms with Crippen molar-refractivity contribution in [2.24, 2.45) is 0 Å². The van der Waals surface area contributed by atoms with E-state index in [9.17, 15) is 13.2 Å². The van der Waals surface area contributed by atoms with Gasteiger partial charge in [-0.2, -0.15) is 5.10 Å². The molecule has 0 atom stereocenters. The lowest BCUT2D eigenvalue weighted by Crippen LogP contribution is -2.18. The number of H-pyrrole nitrogens is 1. The van der Waals surface area contributed by atoms with Crippen molar-refractivity contribution in [1.29, 1.82) is 0 Å². The number of hydrogen-bond acceptors (Lipinski definition) is 4. The molecular formula is C22H17ClN4O3S. The SMILES string of the molecule is O=C(Nc1ccc(-c2ccn[nH]2)cc1)c1cc(Cl)ccc1NS(=O)(=O)c1ccccc1. The van der Waals surface area contributed by atoms with Gasteiger partial charge in [0.1, 0.15) is 0 Å². The smallest absolute Gasteiger partial charge is 0.261 e. The summed E-state index contributed by atoms with van der Waals surface area (Å²) in [6.07, 6.45) is 1.65. The summed E-state index contributed by atoms with van der Waals surface area (Å²) in [4.78, 5) is 13.0. The van der Waals surface area contributed by atoms with Crippen LogP contribution in [0, 0.1) is 0 Å². The highest BCUT2D eigenvalue weighted by molar-refractivity contribution is 7.92. The molecule has 0 fully saturated rings. The predicted molar refractivity (Wildman–Crippen MR) is 121 cm³/mol. The number of aromatic nitrogens is 2. The third kappa shape index (κ3) is 4.76. The van der Waals surface area contributed by atoms with Crippen LogP contribution in [-0.2, 0) is 10.0 Å². The number of sulfonamides is 1. The van der Waals surface area contributed by atoms with Crippen LogP contribution in [0.2, 0.25) is 5.02 Å². The van der Waals surface area contributed by atoms with Crippen molar-refractivity contribution in [3.05, 3.63) is 95.6 Å². The molecular weight excluding hydrogens is 436 g/mol. The fraction of sp³-hybridized carbons (Fsp3) is 0. The summed E-state index contributed by atoms with van der Waals surface area (Å²) >= 11 is 6.06. The summed E-state index contributed by atoms with van der Waals surface area (Å²) in [6, 6.07) is 21.3. The Morgan fingerprint density at radius 1 is 0.935 bits per heavy atom. The molecule has 9 heteroatoms. The molecule has 0 unspecified atom stereocenters. The summed E-state index contributed by atoms with van der Waals surface area (Å²) in [5.41, 5.74) is 2.54. The number of nitrogens with zero attached hydrogens (tertiary/aromatic N) is 1. The minimum Gasteiger partial charge on any atom is -0.322 e. The molecule has 0 aliphatic carbocycles. The van der Waals surface area contributed by atoms with Crippen molar-refractivity contribution in [3.63, 3.8) is 0 Å². The van der Waals surface area contributed by atoms with Crippen LogP contribution in [0.1, 0.15) is 10.4 Å². The molecule has 156 valence electrons. The van der Waals surface area contributed by atoms with Crippen LogP contribution in [0.15, 0.2) is 90.0 Å². The summed E-state index contributed by atoms with van der Waals surface area (Å²) < 4.78 is 27.8.